The molecule has 0 aromatic heterocycles. The molecule has 0 bridgehead atoms. The first kappa shape index (κ1) is 11.6. The van der Waals surface area contributed by atoms with Gasteiger partial charge in [-0.15, -0.1) is 0 Å². The molecule has 1 saturated heterocycles. The summed E-state index contributed by atoms with van der Waals surface area (Å²) in [4.78, 5) is 34.4. The van der Waals surface area contributed by atoms with E-state index in [0.717, 1.165) is 0 Å². The Kier molecular flexibility index (Phi) is 3.79. The average molecular weight is 215 g/mol. The number of morpholine rings is 1. The predicted molar refractivity (Wildman–Crippen MR) is 49.0 cm³/mol. The summed E-state index contributed by atoms with van der Waals surface area (Å²) < 4.78 is 9.27. The third-order valence-electron chi connectivity index (χ3n) is 2.28. The molecule has 2 atom stereocenters. The average Bonchev–Trinajstić information content (AvgIpc) is 2.22. The smallest absolute Gasteiger partial charge is 0.324 e. The standard InChI is InChI=1S/C9H13NO5/c1-10-4-6(5-11)15-9(13)7(10)3-8(12)14-2/h5-7H,3-4H2,1-2H3. The van der Waals surface area contributed by atoms with Gasteiger partial charge in [-0.3, -0.25) is 19.3 Å². The number of ether oxygens (including phenoxy) is 2. The third-order valence-corrected chi connectivity index (χ3v) is 2.28. The molecule has 6 heteroatoms. The summed E-state index contributed by atoms with van der Waals surface area (Å²) in [6.07, 6.45) is -0.225. The summed E-state index contributed by atoms with van der Waals surface area (Å²) >= 11 is 0. The van der Waals surface area contributed by atoms with E-state index in [4.69, 9.17) is 4.74 Å². The maximum Gasteiger partial charge on any atom is 0.324 e. The molecule has 84 valence electrons. The fraction of sp³-hybridized carbons (Fsp3) is 0.667. The number of methoxy groups -OCH3 is 1. The van der Waals surface area contributed by atoms with E-state index in [1.165, 1.54) is 7.11 Å². The molecule has 0 saturated carbocycles. The van der Waals surface area contributed by atoms with Gasteiger partial charge in [0, 0.05) is 6.54 Å². The van der Waals surface area contributed by atoms with E-state index in [2.05, 4.69) is 4.74 Å². The Morgan fingerprint density at radius 1 is 1.73 bits per heavy atom. The highest BCUT2D eigenvalue weighted by Crippen LogP contribution is 2.13. The first-order valence-corrected chi connectivity index (χ1v) is 4.51. The second-order valence-corrected chi connectivity index (χ2v) is 3.35. The van der Waals surface area contributed by atoms with Crippen LogP contribution in [-0.2, 0) is 23.9 Å². The van der Waals surface area contributed by atoms with Crippen LogP contribution in [0.2, 0.25) is 0 Å². The lowest BCUT2D eigenvalue weighted by molar-refractivity contribution is -0.169. The molecule has 1 heterocycles. The second kappa shape index (κ2) is 4.88. The Hall–Kier alpha value is -1.43. The van der Waals surface area contributed by atoms with E-state index in [0.29, 0.717) is 12.8 Å². The minimum atomic E-state index is -0.739. The second-order valence-electron chi connectivity index (χ2n) is 3.35. The molecule has 0 spiro atoms. The predicted octanol–water partition coefficient (Wildman–Crippen LogP) is -1.03. The summed E-state index contributed by atoms with van der Waals surface area (Å²) in [6, 6.07) is -0.659. The molecule has 0 aromatic rings. The van der Waals surface area contributed by atoms with Gasteiger partial charge >= 0.3 is 11.9 Å². The van der Waals surface area contributed by atoms with E-state index in [1.807, 2.05) is 0 Å². The molecule has 1 fully saturated rings. The van der Waals surface area contributed by atoms with E-state index >= 15 is 0 Å². The van der Waals surface area contributed by atoms with Gasteiger partial charge in [-0.2, -0.15) is 0 Å². The van der Waals surface area contributed by atoms with Gasteiger partial charge in [0.2, 0.25) is 0 Å². The van der Waals surface area contributed by atoms with Gasteiger partial charge in [0.15, 0.2) is 12.4 Å². The quantitative estimate of drug-likeness (QED) is 0.443. The molecule has 6 nitrogen and oxygen atoms in total. The van der Waals surface area contributed by atoms with Gasteiger partial charge in [-0.25, -0.2) is 0 Å². The lowest BCUT2D eigenvalue weighted by Gasteiger charge is -2.33. The van der Waals surface area contributed by atoms with Crippen LogP contribution in [0.3, 0.4) is 0 Å². The molecule has 0 aliphatic carbocycles. The highest BCUT2D eigenvalue weighted by Gasteiger charge is 2.35. The molecule has 15 heavy (non-hydrogen) atoms. The van der Waals surface area contributed by atoms with Gasteiger partial charge in [-0.1, -0.05) is 0 Å². The van der Waals surface area contributed by atoms with Gasteiger partial charge in [0.05, 0.1) is 13.5 Å². The van der Waals surface area contributed by atoms with Crippen molar-refractivity contribution in [1.29, 1.82) is 0 Å². The van der Waals surface area contributed by atoms with Crippen LogP contribution in [0, 0.1) is 0 Å². The number of nitrogens with zero attached hydrogens (tertiary/aromatic N) is 1. The minimum absolute atomic E-state index is 0.0581. The van der Waals surface area contributed by atoms with E-state index in [1.54, 1.807) is 11.9 Å². The first-order chi connectivity index (χ1) is 7.08. The summed E-state index contributed by atoms with van der Waals surface area (Å²) in [5.41, 5.74) is 0. The summed E-state index contributed by atoms with van der Waals surface area (Å²) in [7, 11) is 2.91. The van der Waals surface area contributed by atoms with Crippen LogP contribution in [0.25, 0.3) is 0 Å². The number of hydrogen-bond donors (Lipinski definition) is 0. The summed E-state index contributed by atoms with van der Waals surface area (Å²) in [6.45, 7) is 0.302. The molecule has 0 N–H and O–H groups in total. The van der Waals surface area contributed by atoms with Crippen molar-refractivity contribution in [2.75, 3.05) is 20.7 Å². The van der Waals surface area contributed by atoms with Crippen LogP contribution in [0.15, 0.2) is 0 Å². The zero-order valence-electron chi connectivity index (χ0n) is 8.63. The van der Waals surface area contributed by atoms with E-state index in [9.17, 15) is 14.4 Å². The molecule has 1 rings (SSSR count). The van der Waals surface area contributed by atoms with Crippen LogP contribution in [0.4, 0.5) is 0 Å². The summed E-state index contributed by atoms with van der Waals surface area (Å²) in [5.74, 6) is -1.04. The van der Waals surface area contributed by atoms with Crippen molar-refractivity contribution in [2.45, 2.75) is 18.6 Å². The molecular formula is C9H13NO5. The number of rotatable bonds is 3. The largest absolute Gasteiger partial charge is 0.469 e. The Bertz CT molecular complexity index is 278. The van der Waals surface area contributed by atoms with E-state index < -0.39 is 24.1 Å². The third kappa shape index (κ3) is 2.76. The topological polar surface area (TPSA) is 72.9 Å². The van der Waals surface area contributed by atoms with Crippen LogP contribution in [0.5, 0.6) is 0 Å². The highest BCUT2D eigenvalue weighted by atomic mass is 16.6. The number of cyclic esters (lactones) is 1. The van der Waals surface area contributed by atoms with Crippen molar-refractivity contribution in [3.8, 4) is 0 Å². The maximum atomic E-state index is 11.4. The fourth-order valence-electron chi connectivity index (χ4n) is 1.41. The fourth-order valence-corrected chi connectivity index (χ4v) is 1.41. The molecule has 0 aromatic carbocycles. The maximum absolute atomic E-state index is 11.4. The molecule has 1 aliphatic rings. The number of hydrogen-bond acceptors (Lipinski definition) is 6. The van der Waals surface area contributed by atoms with Gasteiger partial charge in [-0.05, 0) is 7.05 Å². The first-order valence-electron chi connectivity index (χ1n) is 4.51. The van der Waals surface area contributed by atoms with E-state index in [-0.39, 0.29) is 6.42 Å². The van der Waals surface area contributed by atoms with Crippen LogP contribution < -0.4 is 0 Å². The van der Waals surface area contributed by atoms with Crippen LogP contribution in [0.1, 0.15) is 6.42 Å². The number of carbonyl (C=O) groups excluding carboxylic acids is 3. The van der Waals surface area contributed by atoms with Gasteiger partial charge in [0.1, 0.15) is 6.04 Å². The van der Waals surface area contributed by atoms with Crippen molar-refractivity contribution in [1.82, 2.24) is 4.90 Å². The monoisotopic (exact) mass is 215 g/mol. The van der Waals surface area contributed by atoms with Crippen molar-refractivity contribution in [2.24, 2.45) is 0 Å². The minimum Gasteiger partial charge on any atom is -0.469 e. The number of carbonyl (C=O) groups is 3. The van der Waals surface area contributed by atoms with Crippen molar-refractivity contribution in [3.05, 3.63) is 0 Å². The Morgan fingerprint density at radius 2 is 2.40 bits per heavy atom. The molecule has 2 unspecified atom stereocenters. The molecule has 0 radical (unpaired) electrons. The van der Waals surface area contributed by atoms with Gasteiger partial charge < -0.3 is 9.47 Å². The normalized spacial score (nSPS) is 26.9. The van der Waals surface area contributed by atoms with Crippen LogP contribution >= 0.6 is 0 Å². The lowest BCUT2D eigenvalue weighted by Crippen LogP contribution is -2.52. The van der Waals surface area contributed by atoms with Crippen LogP contribution in [-0.4, -0.2) is 56.0 Å². The van der Waals surface area contributed by atoms with Crippen molar-refractivity contribution in [3.63, 3.8) is 0 Å². The highest BCUT2D eigenvalue weighted by molar-refractivity contribution is 5.84. The molecule has 1 aliphatic heterocycles. The molecule has 0 amide bonds. The summed E-state index contributed by atoms with van der Waals surface area (Å²) in [5, 5.41) is 0. The Balaban J connectivity index is 2.62. The lowest BCUT2D eigenvalue weighted by atomic mass is 10.1. The Labute approximate surface area is 87.1 Å². The number of esters is 2. The zero-order valence-corrected chi connectivity index (χ0v) is 8.63. The Morgan fingerprint density at radius 3 is 2.87 bits per heavy atom. The number of aldehydes is 1. The van der Waals surface area contributed by atoms with Gasteiger partial charge in [0.25, 0.3) is 0 Å². The van der Waals surface area contributed by atoms with Crippen molar-refractivity contribution >= 4 is 18.2 Å². The zero-order chi connectivity index (χ0) is 11.4. The van der Waals surface area contributed by atoms with Crippen molar-refractivity contribution < 1.29 is 23.9 Å². The number of likely N-dealkylation sites (N-methyl/N-ethyl adjacent to an activating group) is 1. The SMILES string of the molecule is COC(=O)CC1C(=O)OC(C=O)CN1C. The molecular weight excluding hydrogens is 202 g/mol.